The summed E-state index contributed by atoms with van der Waals surface area (Å²) in [5, 5.41) is 2.62. The number of nitrogens with one attached hydrogen (secondary N) is 1. The number of nitrogens with zero attached hydrogens (tertiary/aromatic N) is 1. The minimum absolute atomic E-state index is 0.0778. The van der Waals surface area contributed by atoms with Crippen LogP contribution in [0.4, 0.5) is 10.1 Å². The first-order chi connectivity index (χ1) is 9.60. The third kappa shape index (κ3) is 3.23. The fraction of sp³-hybridized carbons (Fsp3) is 0.143. The van der Waals surface area contributed by atoms with Crippen LogP contribution < -0.4 is 15.8 Å². The summed E-state index contributed by atoms with van der Waals surface area (Å²) in [6.07, 6.45) is 1.57. The van der Waals surface area contributed by atoms with Crippen LogP contribution in [0.1, 0.15) is 15.9 Å². The second-order valence-corrected chi connectivity index (χ2v) is 4.13. The van der Waals surface area contributed by atoms with Gasteiger partial charge in [0, 0.05) is 24.5 Å². The van der Waals surface area contributed by atoms with Crippen LogP contribution in [0.5, 0.6) is 5.88 Å². The Morgan fingerprint density at radius 3 is 2.95 bits per heavy atom. The molecule has 0 saturated heterocycles. The first-order valence-electron chi connectivity index (χ1n) is 5.92. The summed E-state index contributed by atoms with van der Waals surface area (Å²) in [7, 11) is 1.51. The number of halogens is 1. The molecule has 1 aromatic heterocycles. The Kier molecular flexibility index (Phi) is 4.14. The van der Waals surface area contributed by atoms with E-state index >= 15 is 0 Å². The number of methoxy groups -OCH3 is 1. The van der Waals surface area contributed by atoms with E-state index in [4.69, 9.17) is 10.5 Å². The lowest BCUT2D eigenvalue weighted by molar-refractivity contribution is 0.0947. The van der Waals surface area contributed by atoms with E-state index < -0.39 is 11.7 Å². The number of hydrogen-bond donors (Lipinski definition) is 2. The van der Waals surface area contributed by atoms with Crippen LogP contribution in [-0.2, 0) is 6.54 Å². The van der Waals surface area contributed by atoms with Gasteiger partial charge in [-0.3, -0.25) is 4.79 Å². The normalized spacial score (nSPS) is 10.1. The van der Waals surface area contributed by atoms with E-state index in [1.807, 2.05) is 0 Å². The van der Waals surface area contributed by atoms with E-state index in [2.05, 4.69) is 10.3 Å². The summed E-state index contributed by atoms with van der Waals surface area (Å²) in [4.78, 5) is 15.8. The van der Waals surface area contributed by atoms with Gasteiger partial charge in [-0.1, -0.05) is 0 Å². The topological polar surface area (TPSA) is 77.2 Å². The van der Waals surface area contributed by atoms with E-state index in [0.717, 1.165) is 5.56 Å². The van der Waals surface area contributed by atoms with Crippen molar-refractivity contribution in [3.05, 3.63) is 53.5 Å². The molecule has 0 aliphatic rings. The minimum atomic E-state index is -0.607. The van der Waals surface area contributed by atoms with Crippen molar-refractivity contribution in [2.75, 3.05) is 12.8 Å². The molecule has 0 unspecified atom stereocenters. The molecule has 0 saturated carbocycles. The molecule has 0 spiro atoms. The highest BCUT2D eigenvalue weighted by Gasteiger charge is 2.11. The molecule has 0 atom stereocenters. The molecule has 0 fully saturated rings. The van der Waals surface area contributed by atoms with Crippen LogP contribution >= 0.6 is 0 Å². The number of nitrogens with two attached hydrogens (primary N) is 1. The predicted octanol–water partition coefficient (Wildman–Crippen LogP) is 1.74. The number of rotatable bonds is 4. The Morgan fingerprint density at radius 2 is 2.20 bits per heavy atom. The molecular formula is C14H14FN3O2. The van der Waals surface area contributed by atoms with Gasteiger partial charge in [-0.2, -0.15) is 0 Å². The standard InChI is InChI=1S/C14H14FN3O2/c1-20-13-6-9(4-5-17-13)8-18-14(19)11-7-10(16)2-3-12(11)15/h2-7H,8,16H2,1H3,(H,18,19). The van der Waals surface area contributed by atoms with Gasteiger partial charge < -0.3 is 15.8 Å². The third-order valence-electron chi connectivity index (χ3n) is 2.70. The van der Waals surface area contributed by atoms with Crippen molar-refractivity contribution < 1.29 is 13.9 Å². The third-order valence-corrected chi connectivity index (χ3v) is 2.70. The van der Waals surface area contributed by atoms with Gasteiger partial charge in [0.2, 0.25) is 5.88 Å². The van der Waals surface area contributed by atoms with Gasteiger partial charge in [0.1, 0.15) is 5.82 Å². The fourth-order valence-corrected chi connectivity index (χ4v) is 1.67. The zero-order chi connectivity index (χ0) is 14.5. The predicted molar refractivity (Wildman–Crippen MR) is 72.8 cm³/mol. The molecule has 3 N–H and O–H groups in total. The number of benzene rings is 1. The van der Waals surface area contributed by atoms with Gasteiger partial charge in [-0.05, 0) is 29.8 Å². The maximum absolute atomic E-state index is 13.5. The second-order valence-electron chi connectivity index (χ2n) is 4.13. The molecule has 6 heteroatoms. The van der Waals surface area contributed by atoms with Crippen molar-refractivity contribution >= 4 is 11.6 Å². The molecule has 1 aromatic carbocycles. The van der Waals surface area contributed by atoms with Crippen LogP contribution in [0.3, 0.4) is 0 Å². The van der Waals surface area contributed by atoms with E-state index in [1.54, 1.807) is 18.3 Å². The average Bonchev–Trinajstić information content (AvgIpc) is 2.47. The molecular weight excluding hydrogens is 261 g/mol. The Balaban J connectivity index is 2.06. The first kappa shape index (κ1) is 13.8. The maximum Gasteiger partial charge on any atom is 0.254 e. The molecule has 0 aliphatic heterocycles. The zero-order valence-electron chi connectivity index (χ0n) is 10.9. The molecule has 2 aromatic rings. The van der Waals surface area contributed by atoms with Gasteiger partial charge in [0.25, 0.3) is 5.91 Å². The molecule has 0 aliphatic carbocycles. The van der Waals surface area contributed by atoms with Crippen LogP contribution in [0.2, 0.25) is 0 Å². The Labute approximate surface area is 115 Å². The van der Waals surface area contributed by atoms with Crippen molar-refractivity contribution in [1.82, 2.24) is 10.3 Å². The van der Waals surface area contributed by atoms with E-state index in [1.165, 1.54) is 25.3 Å². The number of carbonyl (C=O) groups is 1. The number of nitrogen functional groups attached to an aromatic ring is 1. The van der Waals surface area contributed by atoms with Gasteiger partial charge in [-0.15, -0.1) is 0 Å². The number of amides is 1. The highest BCUT2D eigenvalue weighted by atomic mass is 19.1. The first-order valence-corrected chi connectivity index (χ1v) is 5.92. The van der Waals surface area contributed by atoms with Crippen LogP contribution in [0.15, 0.2) is 36.5 Å². The van der Waals surface area contributed by atoms with Crippen molar-refractivity contribution in [2.24, 2.45) is 0 Å². The summed E-state index contributed by atoms with van der Waals surface area (Å²) in [6.45, 7) is 0.242. The highest BCUT2D eigenvalue weighted by molar-refractivity contribution is 5.95. The molecule has 1 amide bonds. The van der Waals surface area contributed by atoms with E-state index in [9.17, 15) is 9.18 Å². The summed E-state index contributed by atoms with van der Waals surface area (Å²) in [6, 6.07) is 7.30. The minimum Gasteiger partial charge on any atom is -0.481 e. The second kappa shape index (κ2) is 6.01. The Morgan fingerprint density at radius 1 is 1.40 bits per heavy atom. The molecule has 104 valence electrons. The number of anilines is 1. The average molecular weight is 275 g/mol. The molecule has 20 heavy (non-hydrogen) atoms. The van der Waals surface area contributed by atoms with E-state index in [-0.39, 0.29) is 12.1 Å². The quantitative estimate of drug-likeness (QED) is 0.833. The molecule has 5 nitrogen and oxygen atoms in total. The summed E-state index contributed by atoms with van der Waals surface area (Å²) in [5.74, 6) is -0.679. The molecule has 2 rings (SSSR count). The van der Waals surface area contributed by atoms with E-state index in [0.29, 0.717) is 11.6 Å². The highest BCUT2D eigenvalue weighted by Crippen LogP contribution is 2.13. The molecule has 0 radical (unpaired) electrons. The van der Waals surface area contributed by atoms with Crippen molar-refractivity contribution in [1.29, 1.82) is 0 Å². The van der Waals surface area contributed by atoms with Gasteiger partial charge in [0.15, 0.2) is 0 Å². The number of hydrogen-bond acceptors (Lipinski definition) is 4. The van der Waals surface area contributed by atoms with Gasteiger partial charge >= 0.3 is 0 Å². The maximum atomic E-state index is 13.5. The van der Waals surface area contributed by atoms with Crippen molar-refractivity contribution in [2.45, 2.75) is 6.54 Å². The lowest BCUT2D eigenvalue weighted by Gasteiger charge is -2.07. The smallest absolute Gasteiger partial charge is 0.254 e. The molecule has 0 bridgehead atoms. The largest absolute Gasteiger partial charge is 0.481 e. The Hall–Kier alpha value is -2.63. The lowest BCUT2D eigenvalue weighted by atomic mass is 10.1. The van der Waals surface area contributed by atoms with Crippen LogP contribution in [0, 0.1) is 5.82 Å². The SMILES string of the molecule is COc1cc(CNC(=O)c2cc(N)ccc2F)ccn1. The number of ether oxygens (including phenoxy) is 1. The van der Waals surface area contributed by atoms with Crippen molar-refractivity contribution in [3.63, 3.8) is 0 Å². The fourth-order valence-electron chi connectivity index (χ4n) is 1.67. The van der Waals surface area contributed by atoms with Crippen LogP contribution in [-0.4, -0.2) is 18.0 Å². The lowest BCUT2D eigenvalue weighted by Crippen LogP contribution is -2.24. The zero-order valence-corrected chi connectivity index (χ0v) is 10.9. The monoisotopic (exact) mass is 275 g/mol. The summed E-state index contributed by atoms with van der Waals surface area (Å²) in [5.41, 5.74) is 6.60. The number of pyridine rings is 1. The number of carbonyl (C=O) groups excluding carboxylic acids is 1. The molecule has 1 heterocycles. The van der Waals surface area contributed by atoms with Crippen LogP contribution in [0.25, 0.3) is 0 Å². The van der Waals surface area contributed by atoms with Gasteiger partial charge in [0.05, 0.1) is 12.7 Å². The number of aromatic nitrogens is 1. The van der Waals surface area contributed by atoms with Crippen molar-refractivity contribution in [3.8, 4) is 5.88 Å². The van der Waals surface area contributed by atoms with Gasteiger partial charge in [-0.25, -0.2) is 9.37 Å². The summed E-state index contributed by atoms with van der Waals surface area (Å²) < 4.78 is 18.5. The summed E-state index contributed by atoms with van der Waals surface area (Å²) >= 11 is 0. The Bertz CT molecular complexity index is 632.